The number of hydrogen-bond acceptors (Lipinski definition) is 5. The van der Waals surface area contributed by atoms with Crippen LogP contribution in [0.3, 0.4) is 0 Å². The molecule has 2 aromatic carbocycles. The van der Waals surface area contributed by atoms with Gasteiger partial charge in [0.15, 0.2) is 11.5 Å². The van der Waals surface area contributed by atoms with Crippen LogP contribution in [0.5, 0.6) is 11.5 Å². The summed E-state index contributed by atoms with van der Waals surface area (Å²) >= 11 is 0. The van der Waals surface area contributed by atoms with Crippen molar-refractivity contribution in [2.45, 2.75) is 13.8 Å². The smallest absolute Gasteiger partial charge is 0.269 e. The van der Waals surface area contributed by atoms with Crippen LogP contribution in [-0.2, 0) is 9.59 Å². The van der Waals surface area contributed by atoms with Crippen molar-refractivity contribution in [1.29, 1.82) is 0 Å². The third-order valence-corrected chi connectivity index (χ3v) is 4.07. The summed E-state index contributed by atoms with van der Waals surface area (Å²) in [5, 5.41) is 2.74. The predicted molar refractivity (Wildman–Crippen MR) is 114 cm³/mol. The number of rotatable bonds is 7. The Morgan fingerprint density at radius 3 is 2.17 bits per heavy atom. The number of carbonyl (C=O) groups excluding carboxylic acids is 3. The summed E-state index contributed by atoms with van der Waals surface area (Å²) < 4.78 is 10.4. The molecule has 0 spiro atoms. The molecule has 0 heterocycles. The fourth-order valence-corrected chi connectivity index (χ4v) is 2.35. The zero-order chi connectivity index (χ0) is 22.1. The van der Waals surface area contributed by atoms with E-state index >= 15 is 0 Å². The summed E-state index contributed by atoms with van der Waals surface area (Å²) in [5.41, 5.74) is 6.30. The van der Waals surface area contributed by atoms with Gasteiger partial charge in [-0.25, -0.2) is 0 Å². The summed E-state index contributed by atoms with van der Waals surface area (Å²) in [4.78, 5) is 35.8. The molecule has 0 aliphatic rings. The van der Waals surface area contributed by atoms with Crippen molar-refractivity contribution >= 4 is 29.5 Å². The summed E-state index contributed by atoms with van der Waals surface area (Å²) in [6, 6.07) is 11.6. The molecule has 2 rings (SSSR count). The van der Waals surface area contributed by atoms with Crippen LogP contribution < -0.4 is 25.6 Å². The highest BCUT2D eigenvalue weighted by Gasteiger charge is 2.09. The number of carbonyl (C=O) groups is 3. The molecule has 0 radical (unpaired) electrons. The monoisotopic (exact) mass is 411 g/mol. The SMILES string of the molecule is COc1ccc(/C=C/C(=O)NNC(=O)c2ccc(NC(=O)C(C)C)cc2)cc1OC. The quantitative estimate of drug-likeness (QED) is 0.480. The molecule has 2 aromatic rings. The van der Waals surface area contributed by atoms with Crippen molar-refractivity contribution in [2.24, 2.45) is 5.92 Å². The van der Waals surface area contributed by atoms with Crippen molar-refractivity contribution in [3.63, 3.8) is 0 Å². The van der Waals surface area contributed by atoms with E-state index < -0.39 is 11.8 Å². The molecule has 3 N–H and O–H groups in total. The Morgan fingerprint density at radius 2 is 1.57 bits per heavy atom. The molecule has 0 unspecified atom stereocenters. The average Bonchev–Trinajstić information content (AvgIpc) is 2.76. The van der Waals surface area contributed by atoms with Crippen LogP contribution in [0.2, 0.25) is 0 Å². The number of nitrogens with one attached hydrogen (secondary N) is 3. The van der Waals surface area contributed by atoms with Gasteiger partial charge < -0.3 is 14.8 Å². The topological polar surface area (TPSA) is 106 Å². The van der Waals surface area contributed by atoms with Gasteiger partial charge in [-0.15, -0.1) is 0 Å². The van der Waals surface area contributed by atoms with E-state index in [-0.39, 0.29) is 11.8 Å². The van der Waals surface area contributed by atoms with Gasteiger partial charge in [-0.3, -0.25) is 25.2 Å². The number of amides is 3. The molecule has 8 nitrogen and oxygen atoms in total. The Hall–Kier alpha value is -3.81. The first-order valence-electron chi connectivity index (χ1n) is 9.25. The Morgan fingerprint density at radius 1 is 0.900 bits per heavy atom. The lowest BCUT2D eigenvalue weighted by atomic mass is 10.1. The Bertz CT molecular complexity index is 936. The summed E-state index contributed by atoms with van der Waals surface area (Å²) in [6.45, 7) is 3.58. The van der Waals surface area contributed by atoms with E-state index in [9.17, 15) is 14.4 Å². The van der Waals surface area contributed by atoms with E-state index in [4.69, 9.17) is 9.47 Å². The van der Waals surface area contributed by atoms with Crippen LogP contribution in [0, 0.1) is 5.92 Å². The first-order chi connectivity index (χ1) is 14.3. The minimum Gasteiger partial charge on any atom is -0.493 e. The maximum Gasteiger partial charge on any atom is 0.269 e. The van der Waals surface area contributed by atoms with E-state index in [0.717, 1.165) is 5.56 Å². The van der Waals surface area contributed by atoms with Gasteiger partial charge in [-0.05, 0) is 48.0 Å². The van der Waals surface area contributed by atoms with E-state index in [1.807, 2.05) is 0 Å². The van der Waals surface area contributed by atoms with Crippen LogP contribution >= 0.6 is 0 Å². The second kappa shape index (κ2) is 10.7. The molecule has 0 atom stereocenters. The summed E-state index contributed by atoms with van der Waals surface area (Å²) in [7, 11) is 3.07. The van der Waals surface area contributed by atoms with E-state index in [1.165, 1.54) is 13.2 Å². The van der Waals surface area contributed by atoms with E-state index in [1.54, 1.807) is 69.5 Å². The van der Waals surface area contributed by atoms with Crippen LogP contribution in [0.15, 0.2) is 48.5 Å². The minimum atomic E-state index is -0.501. The Balaban J connectivity index is 1.89. The largest absolute Gasteiger partial charge is 0.493 e. The zero-order valence-corrected chi connectivity index (χ0v) is 17.3. The predicted octanol–water partition coefficient (Wildman–Crippen LogP) is 2.77. The molecule has 0 bridgehead atoms. The maximum absolute atomic E-state index is 12.2. The molecule has 0 aromatic heterocycles. The second-order valence-corrected chi connectivity index (χ2v) is 6.61. The molecular formula is C22H25N3O5. The zero-order valence-electron chi connectivity index (χ0n) is 17.3. The van der Waals surface area contributed by atoms with Crippen LogP contribution in [-0.4, -0.2) is 31.9 Å². The summed E-state index contributed by atoms with van der Waals surface area (Å²) in [6.07, 6.45) is 2.86. The number of anilines is 1. The van der Waals surface area contributed by atoms with Crippen LogP contribution in [0.4, 0.5) is 5.69 Å². The first-order valence-corrected chi connectivity index (χ1v) is 9.25. The lowest BCUT2D eigenvalue weighted by molar-refractivity contribution is -0.119. The molecule has 0 saturated heterocycles. The third kappa shape index (κ3) is 6.37. The van der Waals surface area contributed by atoms with Gasteiger partial charge in [0.2, 0.25) is 5.91 Å². The summed E-state index contributed by atoms with van der Waals surface area (Å²) in [5.74, 6) is -0.109. The van der Waals surface area contributed by atoms with Crippen molar-refractivity contribution in [3.05, 3.63) is 59.7 Å². The van der Waals surface area contributed by atoms with Crippen molar-refractivity contribution in [2.75, 3.05) is 19.5 Å². The van der Waals surface area contributed by atoms with Crippen molar-refractivity contribution < 1.29 is 23.9 Å². The normalized spacial score (nSPS) is 10.6. The van der Waals surface area contributed by atoms with Gasteiger partial charge in [0.05, 0.1) is 14.2 Å². The number of hydrazine groups is 1. The lowest BCUT2D eigenvalue weighted by Crippen LogP contribution is -2.40. The van der Waals surface area contributed by atoms with Gasteiger partial charge in [-0.2, -0.15) is 0 Å². The Labute approximate surface area is 175 Å². The number of methoxy groups -OCH3 is 2. The molecule has 30 heavy (non-hydrogen) atoms. The van der Waals surface area contributed by atoms with Gasteiger partial charge in [0, 0.05) is 23.2 Å². The van der Waals surface area contributed by atoms with E-state index in [2.05, 4.69) is 16.2 Å². The highest BCUT2D eigenvalue weighted by Crippen LogP contribution is 2.27. The number of benzene rings is 2. The highest BCUT2D eigenvalue weighted by atomic mass is 16.5. The molecule has 3 amide bonds. The Kier molecular flexibility index (Phi) is 7.99. The fraction of sp³-hybridized carbons (Fsp3) is 0.227. The fourth-order valence-electron chi connectivity index (χ4n) is 2.35. The van der Waals surface area contributed by atoms with E-state index in [0.29, 0.717) is 22.7 Å². The van der Waals surface area contributed by atoms with Gasteiger partial charge in [0.1, 0.15) is 0 Å². The highest BCUT2D eigenvalue weighted by molar-refractivity contribution is 5.98. The molecule has 0 aliphatic heterocycles. The first kappa shape index (κ1) is 22.5. The second-order valence-electron chi connectivity index (χ2n) is 6.61. The number of hydrogen-bond donors (Lipinski definition) is 3. The van der Waals surface area contributed by atoms with Crippen molar-refractivity contribution in [3.8, 4) is 11.5 Å². The van der Waals surface area contributed by atoms with Crippen molar-refractivity contribution in [1.82, 2.24) is 10.9 Å². The maximum atomic E-state index is 12.2. The number of ether oxygens (including phenoxy) is 2. The molecule has 0 aliphatic carbocycles. The minimum absolute atomic E-state index is 0.110. The van der Waals surface area contributed by atoms with Gasteiger partial charge in [-0.1, -0.05) is 19.9 Å². The molecule has 8 heteroatoms. The standard InChI is InChI=1S/C22H25N3O5/c1-14(2)21(27)23-17-9-7-16(8-10-17)22(28)25-24-20(26)12-6-15-5-11-18(29-3)19(13-15)30-4/h5-14H,1-4H3,(H,23,27)(H,24,26)(H,25,28)/b12-6+. The van der Waals surface area contributed by atoms with Gasteiger partial charge >= 0.3 is 0 Å². The molecule has 0 saturated carbocycles. The third-order valence-electron chi connectivity index (χ3n) is 4.07. The molecular weight excluding hydrogens is 386 g/mol. The lowest BCUT2D eigenvalue weighted by Gasteiger charge is -2.09. The van der Waals surface area contributed by atoms with Gasteiger partial charge in [0.25, 0.3) is 11.8 Å². The molecule has 0 fully saturated rings. The average molecular weight is 411 g/mol. The molecule has 158 valence electrons. The van der Waals surface area contributed by atoms with Crippen LogP contribution in [0.25, 0.3) is 6.08 Å². The van der Waals surface area contributed by atoms with Crippen LogP contribution in [0.1, 0.15) is 29.8 Å².